The van der Waals surface area contributed by atoms with Gasteiger partial charge in [0.1, 0.15) is 0 Å². The van der Waals surface area contributed by atoms with E-state index in [2.05, 4.69) is 5.32 Å². The van der Waals surface area contributed by atoms with Crippen molar-refractivity contribution in [3.05, 3.63) is 47.7 Å². The van der Waals surface area contributed by atoms with E-state index in [0.29, 0.717) is 12.2 Å². The van der Waals surface area contributed by atoms with Crippen molar-refractivity contribution in [3.8, 4) is 0 Å². The number of allylic oxidation sites excluding steroid dienone is 2. The molecule has 1 N–H and O–H groups in total. The first-order valence-electron chi connectivity index (χ1n) is 4.97. The molecule has 0 heterocycles. The summed E-state index contributed by atoms with van der Waals surface area (Å²) in [6, 6.07) is 9.80. The van der Waals surface area contributed by atoms with E-state index in [-0.39, 0.29) is 0 Å². The average molecular weight is 293 g/mol. The molecule has 0 saturated carbocycles. The van der Waals surface area contributed by atoms with Crippen LogP contribution >= 0.6 is 34.8 Å². The lowest BCUT2D eigenvalue weighted by molar-refractivity contribution is -0.113. The molecule has 0 spiro atoms. The molecule has 0 bridgehead atoms. The zero-order valence-electron chi connectivity index (χ0n) is 9.21. The molecule has 5 heteroatoms. The minimum atomic E-state index is -1.89. The Bertz CT molecular complexity index is 410. The molecule has 0 atom stereocenters. The number of ketones is 1. The highest BCUT2D eigenvalue weighted by Crippen LogP contribution is 2.27. The lowest BCUT2D eigenvalue weighted by Crippen LogP contribution is -2.19. The molecular weight excluding hydrogens is 280 g/mol. The molecule has 92 valence electrons. The van der Waals surface area contributed by atoms with Gasteiger partial charge in [-0.1, -0.05) is 65.1 Å². The van der Waals surface area contributed by atoms with Crippen LogP contribution in [0, 0.1) is 0 Å². The largest absolute Gasteiger partial charge is 0.384 e. The molecule has 0 fully saturated rings. The normalized spacial score (nSPS) is 12.4. The Morgan fingerprint density at radius 1 is 1.29 bits per heavy atom. The van der Waals surface area contributed by atoms with Gasteiger partial charge in [0.15, 0.2) is 0 Å². The smallest absolute Gasteiger partial charge is 0.252 e. The van der Waals surface area contributed by atoms with Gasteiger partial charge in [0.2, 0.25) is 5.78 Å². The van der Waals surface area contributed by atoms with E-state index in [0.717, 1.165) is 5.56 Å². The van der Waals surface area contributed by atoms with Crippen molar-refractivity contribution in [2.75, 3.05) is 0 Å². The summed E-state index contributed by atoms with van der Waals surface area (Å²) in [5.41, 5.74) is 1.77. The standard InChI is InChI=1S/C12H12Cl3NO/c1-9(7-11(17)12(13,14)15)16-8-10-5-3-2-4-6-10/h2-7,16H,8H2,1H3/b9-7-. The fourth-order valence-corrected chi connectivity index (χ4v) is 1.33. The van der Waals surface area contributed by atoms with Crippen LogP contribution in [0.15, 0.2) is 42.1 Å². The van der Waals surface area contributed by atoms with Gasteiger partial charge in [-0.25, -0.2) is 0 Å². The zero-order chi connectivity index (χ0) is 12.9. The second-order valence-electron chi connectivity index (χ2n) is 3.53. The van der Waals surface area contributed by atoms with Gasteiger partial charge in [-0.15, -0.1) is 0 Å². The summed E-state index contributed by atoms with van der Waals surface area (Å²) in [6.07, 6.45) is 1.29. The van der Waals surface area contributed by atoms with Crippen LogP contribution in [0.2, 0.25) is 0 Å². The molecule has 17 heavy (non-hydrogen) atoms. The van der Waals surface area contributed by atoms with E-state index in [1.54, 1.807) is 6.92 Å². The summed E-state index contributed by atoms with van der Waals surface area (Å²) in [5, 5.41) is 3.07. The molecule has 0 aromatic heterocycles. The first kappa shape index (κ1) is 14.4. The Labute approximate surface area is 116 Å². The van der Waals surface area contributed by atoms with Crippen LogP contribution < -0.4 is 5.32 Å². The number of carbonyl (C=O) groups excluding carboxylic acids is 1. The summed E-state index contributed by atoms with van der Waals surface area (Å²) in [6.45, 7) is 2.37. The van der Waals surface area contributed by atoms with Crippen LogP contribution in [-0.4, -0.2) is 9.58 Å². The van der Waals surface area contributed by atoms with Gasteiger partial charge in [-0.3, -0.25) is 4.79 Å². The maximum absolute atomic E-state index is 11.4. The summed E-state index contributed by atoms with van der Waals surface area (Å²) in [4.78, 5) is 11.4. The van der Waals surface area contributed by atoms with Gasteiger partial charge in [0.05, 0.1) is 0 Å². The highest BCUT2D eigenvalue weighted by atomic mass is 35.6. The number of carbonyl (C=O) groups is 1. The Morgan fingerprint density at radius 2 is 1.88 bits per heavy atom. The number of hydrogen-bond acceptors (Lipinski definition) is 2. The molecular formula is C12H12Cl3NO. The van der Waals surface area contributed by atoms with Crippen molar-refractivity contribution < 1.29 is 4.79 Å². The lowest BCUT2D eigenvalue weighted by atomic mass is 10.2. The molecule has 2 nitrogen and oxygen atoms in total. The van der Waals surface area contributed by atoms with Gasteiger partial charge in [0.25, 0.3) is 3.79 Å². The van der Waals surface area contributed by atoms with Crippen molar-refractivity contribution in [1.29, 1.82) is 0 Å². The summed E-state index contributed by atoms with van der Waals surface area (Å²) in [7, 11) is 0. The van der Waals surface area contributed by atoms with Gasteiger partial charge in [-0.2, -0.15) is 0 Å². The molecule has 1 aromatic rings. The van der Waals surface area contributed by atoms with Gasteiger partial charge in [-0.05, 0) is 12.5 Å². The minimum absolute atomic E-state index is 0.555. The predicted octanol–water partition coefficient (Wildman–Crippen LogP) is 3.62. The van der Waals surface area contributed by atoms with Crippen LogP contribution in [0.5, 0.6) is 0 Å². The quantitative estimate of drug-likeness (QED) is 0.678. The molecule has 0 unspecified atom stereocenters. The number of rotatable bonds is 4. The molecule has 0 radical (unpaired) electrons. The van der Waals surface area contributed by atoms with E-state index in [1.165, 1.54) is 6.08 Å². The second-order valence-corrected chi connectivity index (χ2v) is 5.81. The summed E-state index contributed by atoms with van der Waals surface area (Å²) < 4.78 is -1.89. The van der Waals surface area contributed by atoms with Crippen molar-refractivity contribution in [2.45, 2.75) is 17.3 Å². The van der Waals surface area contributed by atoms with Gasteiger partial charge < -0.3 is 5.32 Å². The number of nitrogens with one attached hydrogen (secondary N) is 1. The number of hydrogen-bond donors (Lipinski definition) is 1. The van der Waals surface area contributed by atoms with E-state index in [4.69, 9.17) is 34.8 Å². The Kier molecular flexibility index (Phi) is 5.31. The first-order chi connectivity index (χ1) is 7.89. The zero-order valence-corrected chi connectivity index (χ0v) is 11.5. The SMILES string of the molecule is C/C(=C/C(=O)C(Cl)(Cl)Cl)NCc1ccccc1. The first-order valence-corrected chi connectivity index (χ1v) is 6.10. The monoisotopic (exact) mass is 291 g/mol. The van der Waals surface area contributed by atoms with E-state index in [9.17, 15) is 4.79 Å². The minimum Gasteiger partial charge on any atom is -0.384 e. The highest BCUT2D eigenvalue weighted by Gasteiger charge is 2.28. The number of alkyl halides is 3. The van der Waals surface area contributed by atoms with E-state index in [1.807, 2.05) is 30.3 Å². The van der Waals surface area contributed by atoms with Gasteiger partial charge >= 0.3 is 0 Å². The second kappa shape index (κ2) is 6.29. The van der Waals surface area contributed by atoms with Crippen molar-refractivity contribution in [2.24, 2.45) is 0 Å². The molecule has 0 aliphatic heterocycles. The fraction of sp³-hybridized carbons (Fsp3) is 0.250. The molecule has 0 saturated heterocycles. The summed E-state index contributed by atoms with van der Waals surface area (Å²) in [5.74, 6) is -0.555. The predicted molar refractivity (Wildman–Crippen MR) is 72.3 cm³/mol. The van der Waals surface area contributed by atoms with Crippen molar-refractivity contribution in [3.63, 3.8) is 0 Å². The Morgan fingerprint density at radius 3 is 2.41 bits per heavy atom. The third kappa shape index (κ3) is 5.44. The average Bonchev–Trinajstić information content (AvgIpc) is 2.26. The maximum Gasteiger partial charge on any atom is 0.252 e. The topological polar surface area (TPSA) is 29.1 Å². The highest BCUT2D eigenvalue weighted by molar-refractivity contribution is 6.77. The maximum atomic E-state index is 11.4. The number of benzene rings is 1. The Hall–Kier alpha value is -0.700. The molecule has 0 aliphatic carbocycles. The summed E-state index contributed by atoms with van der Waals surface area (Å²) >= 11 is 16.4. The molecule has 0 aliphatic rings. The van der Waals surface area contributed by atoms with Crippen LogP contribution in [0.3, 0.4) is 0 Å². The van der Waals surface area contributed by atoms with E-state index >= 15 is 0 Å². The van der Waals surface area contributed by atoms with Crippen LogP contribution in [0.4, 0.5) is 0 Å². The van der Waals surface area contributed by atoms with Crippen molar-refractivity contribution in [1.82, 2.24) is 5.32 Å². The lowest BCUT2D eigenvalue weighted by Gasteiger charge is -2.09. The number of halogens is 3. The van der Waals surface area contributed by atoms with Gasteiger partial charge in [0, 0.05) is 18.3 Å². The third-order valence-electron chi connectivity index (χ3n) is 2.04. The van der Waals surface area contributed by atoms with Crippen LogP contribution in [0.25, 0.3) is 0 Å². The Balaban J connectivity index is 2.53. The fourth-order valence-electron chi connectivity index (χ4n) is 1.17. The van der Waals surface area contributed by atoms with Crippen molar-refractivity contribution >= 4 is 40.6 Å². The van der Waals surface area contributed by atoms with E-state index < -0.39 is 9.58 Å². The third-order valence-corrected chi connectivity index (χ3v) is 2.60. The van der Waals surface area contributed by atoms with Crippen LogP contribution in [-0.2, 0) is 11.3 Å². The molecule has 0 amide bonds. The molecule has 1 aromatic carbocycles. The van der Waals surface area contributed by atoms with Crippen LogP contribution in [0.1, 0.15) is 12.5 Å². The molecule has 1 rings (SSSR count).